The normalized spacial score (nSPS) is 16.0. The second-order valence-electron chi connectivity index (χ2n) is 7.05. The first kappa shape index (κ1) is 19.3. The molecule has 0 spiro atoms. The Kier molecular flexibility index (Phi) is 5.30. The third-order valence-corrected chi connectivity index (χ3v) is 6.40. The van der Waals surface area contributed by atoms with Crippen molar-refractivity contribution < 1.29 is 0 Å². The molecular weight excluding hydrogens is 433 g/mol. The van der Waals surface area contributed by atoms with E-state index in [1.165, 1.54) is 5.56 Å². The molecule has 6 heteroatoms. The molecule has 1 aromatic heterocycles. The van der Waals surface area contributed by atoms with Crippen LogP contribution in [-0.2, 0) is 0 Å². The van der Waals surface area contributed by atoms with E-state index in [1.54, 1.807) is 11.3 Å². The van der Waals surface area contributed by atoms with Gasteiger partial charge in [0.1, 0.15) is 0 Å². The van der Waals surface area contributed by atoms with Crippen molar-refractivity contribution in [1.82, 2.24) is 4.98 Å². The topological polar surface area (TPSA) is 28.5 Å². The van der Waals surface area contributed by atoms with Crippen LogP contribution in [0.15, 0.2) is 89.3 Å². The first-order valence-corrected chi connectivity index (χ1v) is 11.2. The molecule has 0 radical (unpaired) electrons. The van der Waals surface area contributed by atoms with Crippen LogP contribution in [0.2, 0.25) is 10.0 Å². The van der Waals surface area contributed by atoms with Crippen molar-refractivity contribution in [3.8, 4) is 11.3 Å². The summed E-state index contributed by atoms with van der Waals surface area (Å²) in [6.07, 6.45) is 0.792. The number of hydrogen-bond donors (Lipinski definition) is 0. The number of nitrogens with zero attached hydrogens (tertiary/aromatic N) is 3. The number of rotatable bonds is 4. The Hall–Kier alpha value is -2.66. The highest BCUT2D eigenvalue weighted by molar-refractivity contribution is 7.14. The van der Waals surface area contributed by atoms with Crippen LogP contribution in [0.5, 0.6) is 0 Å². The van der Waals surface area contributed by atoms with Gasteiger partial charge in [-0.1, -0.05) is 77.8 Å². The molecule has 1 atom stereocenters. The Morgan fingerprint density at radius 1 is 0.833 bits per heavy atom. The van der Waals surface area contributed by atoms with Crippen LogP contribution in [0.1, 0.15) is 23.6 Å². The maximum absolute atomic E-state index is 6.22. The summed E-state index contributed by atoms with van der Waals surface area (Å²) in [5, 5.41) is 11.4. The summed E-state index contributed by atoms with van der Waals surface area (Å²) in [6, 6.07) is 26.1. The lowest BCUT2D eigenvalue weighted by atomic mass is 9.99. The standard InChI is InChI=1S/C24H17Cl2N3S/c25-19-11-9-16(10-12-19)22-15-30-24(27-22)29-23(17-5-2-1-3-6-17)14-21(28-29)18-7-4-8-20(26)13-18/h1-13,15,23H,14H2. The fourth-order valence-electron chi connectivity index (χ4n) is 3.59. The molecule has 2 heterocycles. The molecular formula is C24H17Cl2N3S. The highest BCUT2D eigenvalue weighted by Gasteiger charge is 2.31. The smallest absolute Gasteiger partial charge is 0.207 e. The summed E-state index contributed by atoms with van der Waals surface area (Å²) < 4.78 is 0. The van der Waals surface area contributed by atoms with Crippen LogP contribution < -0.4 is 5.01 Å². The molecule has 0 aliphatic carbocycles. The van der Waals surface area contributed by atoms with Crippen molar-refractivity contribution in [1.29, 1.82) is 0 Å². The van der Waals surface area contributed by atoms with Gasteiger partial charge in [0.05, 0.1) is 17.4 Å². The Balaban J connectivity index is 1.53. The van der Waals surface area contributed by atoms with E-state index in [2.05, 4.69) is 35.7 Å². The van der Waals surface area contributed by atoms with E-state index in [1.807, 2.05) is 53.5 Å². The predicted molar refractivity (Wildman–Crippen MR) is 127 cm³/mol. The number of benzene rings is 3. The Bertz CT molecular complexity index is 1200. The molecule has 1 aliphatic rings. The van der Waals surface area contributed by atoms with Gasteiger partial charge < -0.3 is 0 Å². The minimum Gasteiger partial charge on any atom is -0.231 e. The van der Waals surface area contributed by atoms with Crippen molar-refractivity contribution in [3.63, 3.8) is 0 Å². The molecule has 0 saturated heterocycles. The predicted octanol–water partition coefficient (Wildman–Crippen LogP) is 7.47. The van der Waals surface area contributed by atoms with E-state index in [0.29, 0.717) is 10.0 Å². The molecule has 0 N–H and O–H groups in total. The highest BCUT2D eigenvalue weighted by Crippen LogP contribution is 2.39. The van der Waals surface area contributed by atoms with E-state index in [0.717, 1.165) is 34.1 Å². The monoisotopic (exact) mass is 449 g/mol. The van der Waals surface area contributed by atoms with Gasteiger partial charge in [0.25, 0.3) is 0 Å². The molecule has 3 aromatic carbocycles. The van der Waals surface area contributed by atoms with Gasteiger partial charge in [-0.05, 0) is 35.4 Å². The van der Waals surface area contributed by atoms with E-state index in [9.17, 15) is 0 Å². The summed E-state index contributed by atoms with van der Waals surface area (Å²) in [4.78, 5) is 4.88. The SMILES string of the molecule is Clc1ccc(-c2csc(N3N=C(c4cccc(Cl)c4)CC3c3ccccc3)n2)cc1. The van der Waals surface area contributed by atoms with Gasteiger partial charge in [-0.25, -0.2) is 9.99 Å². The zero-order valence-corrected chi connectivity index (χ0v) is 18.2. The van der Waals surface area contributed by atoms with Gasteiger partial charge >= 0.3 is 0 Å². The van der Waals surface area contributed by atoms with E-state index >= 15 is 0 Å². The number of anilines is 1. The third kappa shape index (κ3) is 3.86. The molecule has 0 amide bonds. The fraction of sp³-hybridized carbons (Fsp3) is 0.0833. The van der Waals surface area contributed by atoms with Crippen molar-refractivity contribution in [2.45, 2.75) is 12.5 Å². The minimum atomic E-state index is 0.0874. The second kappa shape index (κ2) is 8.23. The molecule has 1 unspecified atom stereocenters. The largest absolute Gasteiger partial charge is 0.231 e. The average molecular weight is 450 g/mol. The van der Waals surface area contributed by atoms with E-state index < -0.39 is 0 Å². The number of halogens is 2. The molecule has 0 fully saturated rings. The van der Waals surface area contributed by atoms with Crippen molar-refractivity contribution in [2.75, 3.05) is 5.01 Å². The second-order valence-corrected chi connectivity index (χ2v) is 8.76. The van der Waals surface area contributed by atoms with Crippen molar-refractivity contribution in [2.24, 2.45) is 5.10 Å². The van der Waals surface area contributed by atoms with Crippen LogP contribution in [0, 0.1) is 0 Å². The quantitative estimate of drug-likeness (QED) is 0.323. The Morgan fingerprint density at radius 2 is 1.63 bits per heavy atom. The van der Waals surface area contributed by atoms with Crippen LogP contribution in [0.4, 0.5) is 5.13 Å². The first-order valence-electron chi connectivity index (χ1n) is 9.56. The Morgan fingerprint density at radius 3 is 2.40 bits per heavy atom. The van der Waals surface area contributed by atoms with Gasteiger partial charge in [0.2, 0.25) is 5.13 Å². The van der Waals surface area contributed by atoms with Crippen LogP contribution in [-0.4, -0.2) is 10.7 Å². The number of hydrazone groups is 1. The number of aromatic nitrogens is 1. The summed E-state index contributed by atoms with van der Waals surface area (Å²) in [5.41, 5.74) is 5.22. The van der Waals surface area contributed by atoms with Crippen molar-refractivity contribution in [3.05, 3.63) is 105 Å². The van der Waals surface area contributed by atoms with Gasteiger partial charge in [-0.3, -0.25) is 0 Å². The summed E-state index contributed by atoms with van der Waals surface area (Å²) in [5.74, 6) is 0. The number of hydrogen-bond acceptors (Lipinski definition) is 4. The zero-order valence-electron chi connectivity index (χ0n) is 15.9. The minimum absolute atomic E-state index is 0.0874. The van der Waals surface area contributed by atoms with Gasteiger partial charge in [0, 0.05) is 27.4 Å². The molecule has 0 saturated carbocycles. The number of thiazole rings is 1. The summed E-state index contributed by atoms with van der Waals surface area (Å²) in [7, 11) is 0. The van der Waals surface area contributed by atoms with Crippen LogP contribution in [0.3, 0.4) is 0 Å². The van der Waals surface area contributed by atoms with Crippen LogP contribution >= 0.6 is 34.5 Å². The summed E-state index contributed by atoms with van der Waals surface area (Å²) >= 11 is 13.8. The molecule has 0 bridgehead atoms. The molecule has 148 valence electrons. The highest BCUT2D eigenvalue weighted by atomic mass is 35.5. The third-order valence-electron chi connectivity index (χ3n) is 5.08. The Labute approximate surface area is 189 Å². The fourth-order valence-corrected chi connectivity index (χ4v) is 4.74. The van der Waals surface area contributed by atoms with Crippen LogP contribution in [0.25, 0.3) is 11.3 Å². The molecule has 4 aromatic rings. The lowest BCUT2D eigenvalue weighted by molar-refractivity contribution is 0.706. The maximum Gasteiger partial charge on any atom is 0.207 e. The van der Waals surface area contributed by atoms with E-state index in [4.69, 9.17) is 33.3 Å². The maximum atomic E-state index is 6.22. The lowest BCUT2D eigenvalue weighted by Gasteiger charge is -2.21. The summed E-state index contributed by atoms with van der Waals surface area (Å²) in [6.45, 7) is 0. The van der Waals surface area contributed by atoms with Gasteiger partial charge in [0.15, 0.2) is 0 Å². The van der Waals surface area contributed by atoms with Crippen molar-refractivity contribution >= 4 is 45.4 Å². The van der Waals surface area contributed by atoms with Gasteiger partial charge in [-0.15, -0.1) is 11.3 Å². The zero-order chi connectivity index (χ0) is 20.5. The molecule has 5 rings (SSSR count). The molecule has 30 heavy (non-hydrogen) atoms. The average Bonchev–Trinajstić information content (AvgIpc) is 3.42. The first-order chi connectivity index (χ1) is 14.7. The lowest BCUT2D eigenvalue weighted by Crippen LogP contribution is -2.18. The van der Waals surface area contributed by atoms with Gasteiger partial charge in [-0.2, -0.15) is 5.10 Å². The molecule has 1 aliphatic heterocycles. The van der Waals surface area contributed by atoms with E-state index in [-0.39, 0.29) is 6.04 Å². The molecule has 3 nitrogen and oxygen atoms in total.